The minimum atomic E-state index is -3.95. The van der Waals surface area contributed by atoms with Crippen molar-refractivity contribution < 1.29 is 23.1 Å². The van der Waals surface area contributed by atoms with Crippen molar-refractivity contribution in [3.8, 4) is 0 Å². The third-order valence-electron chi connectivity index (χ3n) is 7.21. The summed E-state index contributed by atoms with van der Waals surface area (Å²) >= 11 is 0. The Morgan fingerprint density at radius 2 is 1.85 bits per heavy atom. The highest BCUT2D eigenvalue weighted by Crippen LogP contribution is 2.54. The first-order valence-corrected chi connectivity index (χ1v) is 12.9. The number of methoxy groups -OCH3 is 1. The topological polar surface area (TPSA) is 88.8 Å². The van der Waals surface area contributed by atoms with Gasteiger partial charge in [0, 0.05) is 24.4 Å². The van der Waals surface area contributed by atoms with Gasteiger partial charge in [-0.1, -0.05) is 48.0 Å². The van der Waals surface area contributed by atoms with Crippen molar-refractivity contribution in [2.75, 3.05) is 26.8 Å². The maximum absolute atomic E-state index is 14.0. The third-order valence-corrected chi connectivity index (χ3v) is 8.95. The summed E-state index contributed by atoms with van der Waals surface area (Å²) in [6.07, 6.45) is 2.61. The molecule has 0 radical (unpaired) electrons. The third kappa shape index (κ3) is 3.32. The molecule has 0 amide bonds. The van der Waals surface area contributed by atoms with Crippen LogP contribution >= 0.6 is 0 Å². The number of esters is 1. The fourth-order valence-electron chi connectivity index (χ4n) is 5.77. The molecule has 5 rings (SSSR count). The van der Waals surface area contributed by atoms with Crippen LogP contribution in [0.1, 0.15) is 36.6 Å². The zero-order chi connectivity index (χ0) is 24.0. The predicted octanol–water partition coefficient (Wildman–Crippen LogP) is 3.45. The first-order chi connectivity index (χ1) is 16.4. The highest BCUT2D eigenvalue weighted by atomic mass is 32.2. The van der Waals surface area contributed by atoms with Gasteiger partial charge in [0.1, 0.15) is 0 Å². The monoisotopic (exact) mass is 480 g/mol. The highest BCUT2D eigenvalue weighted by Gasteiger charge is 2.50. The van der Waals surface area contributed by atoms with Crippen LogP contribution in [-0.2, 0) is 19.6 Å². The van der Waals surface area contributed by atoms with Crippen LogP contribution in [-0.4, -0.2) is 55.2 Å². The molecule has 0 saturated carbocycles. The number of benzene rings is 2. The van der Waals surface area contributed by atoms with E-state index in [9.17, 15) is 18.3 Å². The molecular weight excluding hydrogens is 452 g/mol. The summed E-state index contributed by atoms with van der Waals surface area (Å²) in [5.41, 5.74) is 2.96. The molecule has 2 bridgehead atoms. The number of likely N-dealkylation sites (tertiary alicyclic amines) is 1. The number of nitrogens with zero attached hydrogens (tertiary/aromatic N) is 2. The molecule has 8 heteroatoms. The predicted molar refractivity (Wildman–Crippen MR) is 129 cm³/mol. The molecule has 1 saturated heterocycles. The zero-order valence-electron chi connectivity index (χ0n) is 19.2. The lowest BCUT2D eigenvalue weighted by atomic mass is 9.68. The number of hydrogen-bond donors (Lipinski definition) is 1. The summed E-state index contributed by atoms with van der Waals surface area (Å²) in [5, 5.41) is 10.5. The molecule has 2 aromatic carbocycles. The van der Waals surface area contributed by atoms with E-state index >= 15 is 0 Å². The molecule has 2 heterocycles. The molecule has 0 spiro atoms. The number of β-amino-alcohol motifs (C(OH)–C–C–N with tert-alkyl or cyclic N) is 1. The van der Waals surface area contributed by atoms with Crippen molar-refractivity contribution in [2.24, 2.45) is 5.92 Å². The van der Waals surface area contributed by atoms with Crippen molar-refractivity contribution in [2.45, 2.75) is 30.2 Å². The first kappa shape index (κ1) is 22.8. The first-order valence-electron chi connectivity index (χ1n) is 11.5. The fraction of sp³-hybridized carbons (Fsp3) is 0.346. The second-order valence-corrected chi connectivity index (χ2v) is 10.6. The molecule has 1 aliphatic heterocycles. The second-order valence-electron chi connectivity index (χ2n) is 8.82. The lowest BCUT2D eigenvalue weighted by Crippen LogP contribution is -2.47. The summed E-state index contributed by atoms with van der Waals surface area (Å²) in [4.78, 5) is 15.5. The number of aliphatic hydroxyl groups is 1. The Morgan fingerprint density at radius 3 is 2.53 bits per heavy atom. The average Bonchev–Trinajstić information content (AvgIpc) is 3.21. The van der Waals surface area contributed by atoms with Gasteiger partial charge < -0.3 is 9.84 Å². The van der Waals surface area contributed by atoms with E-state index in [0.717, 1.165) is 11.0 Å². The van der Waals surface area contributed by atoms with Gasteiger partial charge in [0.05, 0.1) is 41.8 Å². The normalized spacial score (nSPS) is 23.7. The number of piperidine rings is 1. The van der Waals surface area contributed by atoms with Crippen molar-refractivity contribution in [1.29, 1.82) is 0 Å². The molecule has 1 aromatic heterocycles. The van der Waals surface area contributed by atoms with Gasteiger partial charge in [-0.15, -0.1) is 0 Å². The quantitative estimate of drug-likeness (QED) is 0.445. The molecule has 178 valence electrons. The number of allylic oxidation sites excluding steroid dienone is 1. The Kier molecular flexibility index (Phi) is 5.83. The lowest BCUT2D eigenvalue weighted by molar-refractivity contribution is -0.144. The van der Waals surface area contributed by atoms with Crippen LogP contribution in [0.25, 0.3) is 10.9 Å². The van der Waals surface area contributed by atoms with Crippen LogP contribution in [0.15, 0.2) is 71.1 Å². The molecule has 1 aliphatic carbocycles. The fourth-order valence-corrected chi connectivity index (χ4v) is 7.38. The molecular formula is C26H28N2O5S. The zero-order valence-corrected chi connectivity index (χ0v) is 20.0. The SMILES string of the molecule is C/C=C1/CN(CCO)[C@H]2C[C@@H]1[C@H](C(=O)OC)c1c2n(S(=O)(=O)c2ccccc2)c2ccccc12. The minimum Gasteiger partial charge on any atom is -0.469 e. The van der Waals surface area contributed by atoms with E-state index in [-0.39, 0.29) is 29.4 Å². The highest BCUT2D eigenvalue weighted by molar-refractivity contribution is 7.90. The van der Waals surface area contributed by atoms with Crippen LogP contribution in [0.4, 0.5) is 0 Å². The van der Waals surface area contributed by atoms with Crippen molar-refractivity contribution in [3.05, 3.63) is 77.5 Å². The van der Waals surface area contributed by atoms with Crippen LogP contribution < -0.4 is 0 Å². The smallest absolute Gasteiger partial charge is 0.313 e. The van der Waals surface area contributed by atoms with Crippen LogP contribution in [0, 0.1) is 5.92 Å². The molecule has 1 N–H and O–H groups in total. The van der Waals surface area contributed by atoms with Gasteiger partial charge in [-0.3, -0.25) is 9.69 Å². The Bertz CT molecular complexity index is 1380. The van der Waals surface area contributed by atoms with E-state index in [1.807, 2.05) is 31.2 Å². The molecule has 1 fully saturated rings. The largest absolute Gasteiger partial charge is 0.469 e. The van der Waals surface area contributed by atoms with Gasteiger partial charge >= 0.3 is 5.97 Å². The number of hydrogen-bond acceptors (Lipinski definition) is 6. The number of fused-ring (bicyclic) bond motifs is 6. The molecule has 7 nitrogen and oxygen atoms in total. The van der Waals surface area contributed by atoms with Crippen molar-refractivity contribution in [1.82, 2.24) is 8.87 Å². The Hall–Kier alpha value is -2.94. The lowest BCUT2D eigenvalue weighted by Gasteiger charge is -2.47. The van der Waals surface area contributed by atoms with E-state index in [2.05, 4.69) is 4.90 Å². The summed E-state index contributed by atoms with van der Waals surface area (Å²) in [6, 6.07) is 15.5. The summed E-state index contributed by atoms with van der Waals surface area (Å²) in [6.45, 7) is 2.88. The number of aliphatic hydroxyl groups excluding tert-OH is 1. The number of aromatic nitrogens is 1. The van der Waals surface area contributed by atoms with Gasteiger partial charge in [-0.2, -0.15) is 0 Å². The van der Waals surface area contributed by atoms with Crippen LogP contribution in [0.3, 0.4) is 0 Å². The van der Waals surface area contributed by atoms with E-state index in [4.69, 9.17) is 4.74 Å². The number of ether oxygens (including phenoxy) is 1. The number of para-hydroxylation sites is 1. The van der Waals surface area contributed by atoms with Gasteiger partial charge in [0.2, 0.25) is 0 Å². The molecule has 34 heavy (non-hydrogen) atoms. The number of rotatable bonds is 5. The van der Waals surface area contributed by atoms with E-state index in [1.54, 1.807) is 36.4 Å². The van der Waals surface area contributed by atoms with Crippen LogP contribution in [0.2, 0.25) is 0 Å². The summed E-state index contributed by atoms with van der Waals surface area (Å²) in [7, 11) is -2.57. The Morgan fingerprint density at radius 1 is 1.15 bits per heavy atom. The number of carbonyl (C=O) groups is 1. The minimum absolute atomic E-state index is 0.0421. The standard InChI is InChI=1S/C26H28N2O5S/c1-3-17-16-27(13-14-29)22-15-20(17)24(26(30)33-2)23-19-11-7-8-12-21(19)28(25(22)23)34(31,32)18-9-5-4-6-10-18/h3-12,20,22,24,29H,13-16H2,1-2H3/b17-3-/t20-,22-,24-/m0/s1. The van der Waals surface area contributed by atoms with Crippen molar-refractivity contribution >= 4 is 26.9 Å². The van der Waals surface area contributed by atoms with Gasteiger partial charge in [-0.25, -0.2) is 12.4 Å². The number of carbonyl (C=O) groups excluding carboxylic acids is 1. The van der Waals surface area contributed by atoms with Gasteiger partial charge in [0.25, 0.3) is 10.0 Å². The summed E-state index contributed by atoms with van der Waals surface area (Å²) < 4.78 is 34.8. The van der Waals surface area contributed by atoms with E-state index < -0.39 is 15.9 Å². The molecule has 3 aromatic rings. The average molecular weight is 481 g/mol. The van der Waals surface area contributed by atoms with E-state index in [0.29, 0.717) is 36.3 Å². The van der Waals surface area contributed by atoms with Gasteiger partial charge in [0.15, 0.2) is 0 Å². The maximum atomic E-state index is 14.0. The molecule has 0 unspecified atom stereocenters. The van der Waals surface area contributed by atoms with Crippen LogP contribution in [0.5, 0.6) is 0 Å². The Balaban J connectivity index is 1.88. The van der Waals surface area contributed by atoms with Crippen molar-refractivity contribution in [3.63, 3.8) is 0 Å². The summed E-state index contributed by atoms with van der Waals surface area (Å²) in [5.74, 6) is -1.06. The Labute approximate surface area is 199 Å². The molecule has 2 aliphatic rings. The maximum Gasteiger partial charge on any atom is 0.313 e. The van der Waals surface area contributed by atoms with E-state index in [1.165, 1.54) is 11.1 Å². The van der Waals surface area contributed by atoms with Gasteiger partial charge in [-0.05, 0) is 37.1 Å². The second kappa shape index (κ2) is 8.69. The molecule has 3 atom stereocenters.